The molecule has 0 saturated carbocycles. The standard InChI is InChI=1S/C13H14F2N4/c1-7-4-9(16)6-19-13(7)17-12(18-19)8-2-3-10(14)11(15)5-8/h2-3,5,7,9H,4,6,16H2,1H3. The second-order valence-corrected chi connectivity index (χ2v) is 5.00. The van der Waals surface area contributed by atoms with E-state index < -0.39 is 11.6 Å². The van der Waals surface area contributed by atoms with Crippen LogP contribution < -0.4 is 5.73 Å². The van der Waals surface area contributed by atoms with Crippen molar-refractivity contribution in [3.63, 3.8) is 0 Å². The SMILES string of the molecule is CC1CC(N)Cn2nc(-c3ccc(F)c(F)c3)nc21. The number of hydrogen-bond donors (Lipinski definition) is 1. The Morgan fingerprint density at radius 2 is 2.11 bits per heavy atom. The van der Waals surface area contributed by atoms with Crippen molar-refractivity contribution < 1.29 is 8.78 Å². The van der Waals surface area contributed by atoms with E-state index in [-0.39, 0.29) is 12.0 Å². The van der Waals surface area contributed by atoms with Crippen LogP contribution in [0.4, 0.5) is 8.78 Å². The summed E-state index contributed by atoms with van der Waals surface area (Å²) in [7, 11) is 0. The highest BCUT2D eigenvalue weighted by molar-refractivity contribution is 5.54. The molecule has 0 saturated heterocycles. The fourth-order valence-electron chi connectivity index (χ4n) is 2.47. The molecule has 2 heterocycles. The maximum absolute atomic E-state index is 13.2. The molecule has 2 N–H and O–H groups in total. The second-order valence-electron chi connectivity index (χ2n) is 5.00. The molecule has 1 aliphatic heterocycles. The number of halogens is 2. The molecule has 4 nitrogen and oxygen atoms in total. The van der Waals surface area contributed by atoms with Crippen LogP contribution in [-0.2, 0) is 6.54 Å². The molecule has 2 unspecified atom stereocenters. The zero-order valence-electron chi connectivity index (χ0n) is 10.5. The molecule has 2 aromatic rings. The fourth-order valence-corrected chi connectivity index (χ4v) is 2.47. The first kappa shape index (κ1) is 12.2. The van der Waals surface area contributed by atoms with Gasteiger partial charge in [-0.25, -0.2) is 18.4 Å². The molecule has 0 fully saturated rings. The lowest BCUT2D eigenvalue weighted by Crippen LogP contribution is -2.34. The Kier molecular flexibility index (Phi) is 2.82. The van der Waals surface area contributed by atoms with Gasteiger partial charge < -0.3 is 5.73 Å². The Morgan fingerprint density at radius 3 is 2.84 bits per heavy atom. The summed E-state index contributed by atoms with van der Waals surface area (Å²) in [5, 5.41) is 4.33. The molecule has 3 rings (SSSR count). The van der Waals surface area contributed by atoms with Gasteiger partial charge in [0.15, 0.2) is 17.5 Å². The number of fused-ring (bicyclic) bond motifs is 1. The Balaban J connectivity index is 2.03. The van der Waals surface area contributed by atoms with Gasteiger partial charge in [-0.15, -0.1) is 0 Å². The summed E-state index contributed by atoms with van der Waals surface area (Å²) in [6.07, 6.45) is 0.857. The van der Waals surface area contributed by atoms with Crippen molar-refractivity contribution in [1.82, 2.24) is 14.8 Å². The van der Waals surface area contributed by atoms with Crippen molar-refractivity contribution in [2.45, 2.75) is 31.8 Å². The molecule has 0 spiro atoms. The van der Waals surface area contributed by atoms with Gasteiger partial charge in [0.1, 0.15) is 5.82 Å². The van der Waals surface area contributed by atoms with Crippen LogP contribution in [0.5, 0.6) is 0 Å². The topological polar surface area (TPSA) is 56.7 Å². The minimum atomic E-state index is -0.893. The van der Waals surface area contributed by atoms with Crippen LogP contribution in [0.15, 0.2) is 18.2 Å². The Labute approximate surface area is 109 Å². The highest BCUT2D eigenvalue weighted by atomic mass is 19.2. The van der Waals surface area contributed by atoms with Crippen molar-refractivity contribution in [3.8, 4) is 11.4 Å². The summed E-state index contributed by atoms with van der Waals surface area (Å²) in [6, 6.07) is 3.73. The first-order valence-electron chi connectivity index (χ1n) is 6.20. The van der Waals surface area contributed by atoms with Crippen molar-refractivity contribution >= 4 is 0 Å². The van der Waals surface area contributed by atoms with E-state index in [0.717, 1.165) is 24.4 Å². The van der Waals surface area contributed by atoms with E-state index in [0.29, 0.717) is 17.9 Å². The Hall–Kier alpha value is -1.82. The molecule has 0 aliphatic carbocycles. The highest BCUT2D eigenvalue weighted by Crippen LogP contribution is 2.27. The molecule has 0 amide bonds. The van der Waals surface area contributed by atoms with E-state index in [2.05, 4.69) is 10.1 Å². The average Bonchev–Trinajstić information content (AvgIpc) is 2.76. The number of benzene rings is 1. The van der Waals surface area contributed by atoms with E-state index in [1.165, 1.54) is 6.07 Å². The zero-order valence-corrected chi connectivity index (χ0v) is 10.5. The van der Waals surface area contributed by atoms with Crippen LogP contribution in [0.1, 0.15) is 25.1 Å². The van der Waals surface area contributed by atoms with E-state index in [4.69, 9.17) is 5.73 Å². The van der Waals surface area contributed by atoms with Crippen LogP contribution in [0.25, 0.3) is 11.4 Å². The largest absolute Gasteiger partial charge is 0.326 e. The molecule has 100 valence electrons. The molecule has 6 heteroatoms. The summed E-state index contributed by atoms with van der Waals surface area (Å²) in [6.45, 7) is 2.64. The highest BCUT2D eigenvalue weighted by Gasteiger charge is 2.25. The van der Waals surface area contributed by atoms with Gasteiger partial charge in [0, 0.05) is 17.5 Å². The van der Waals surface area contributed by atoms with Crippen molar-refractivity contribution in [2.24, 2.45) is 5.73 Å². The minimum Gasteiger partial charge on any atom is -0.326 e. The second kappa shape index (κ2) is 4.38. The minimum absolute atomic E-state index is 0.0574. The van der Waals surface area contributed by atoms with Crippen LogP contribution in [0.3, 0.4) is 0 Å². The summed E-state index contributed by atoms with van der Waals surface area (Å²) in [5.74, 6) is -0.287. The van der Waals surface area contributed by atoms with Gasteiger partial charge in [0.25, 0.3) is 0 Å². The number of aromatic nitrogens is 3. The molecule has 0 bridgehead atoms. The van der Waals surface area contributed by atoms with Crippen molar-refractivity contribution in [3.05, 3.63) is 35.7 Å². The molecule has 1 aliphatic rings. The summed E-state index contributed by atoms with van der Waals surface area (Å²) < 4.78 is 27.9. The van der Waals surface area contributed by atoms with Crippen LogP contribution >= 0.6 is 0 Å². The Morgan fingerprint density at radius 1 is 1.32 bits per heavy atom. The van der Waals surface area contributed by atoms with Gasteiger partial charge in [-0.3, -0.25) is 0 Å². The molecule has 19 heavy (non-hydrogen) atoms. The van der Waals surface area contributed by atoms with Crippen molar-refractivity contribution in [1.29, 1.82) is 0 Å². The predicted molar refractivity (Wildman–Crippen MR) is 66.4 cm³/mol. The van der Waals surface area contributed by atoms with Gasteiger partial charge in [0.2, 0.25) is 0 Å². The average molecular weight is 264 g/mol. The molecule has 1 aromatic carbocycles. The molecule has 2 atom stereocenters. The lowest BCUT2D eigenvalue weighted by molar-refractivity contribution is 0.382. The smallest absolute Gasteiger partial charge is 0.181 e. The molecule has 1 aromatic heterocycles. The van der Waals surface area contributed by atoms with E-state index >= 15 is 0 Å². The third-order valence-corrected chi connectivity index (χ3v) is 3.38. The van der Waals surface area contributed by atoms with Crippen molar-refractivity contribution in [2.75, 3.05) is 0 Å². The maximum atomic E-state index is 13.2. The first-order valence-corrected chi connectivity index (χ1v) is 6.20. The lowest BCUT2D eigenvalue weighted by atomic mass is 9.98. The third-order valence-electron chi connectivity index (χ3n) is 3.38. The third kappa shape index (κ3) is 2.12. The van der Waals surface area contributed by atoms with E-state index in [1.807, 2.05) is 6.92 Å². The van der Waals surface area contributed by atoms with E-state index in [1.54, 1.807) is 4.68 Å². The van der Waals surface area contributed by atoms with Crippen LogP contribution in [0.2, 0.25) is 0 Å². The monoisotopic (exact) mass is 264 g/mol. The predicted octanol–water partition coefficient (Wildman–Crippen LogP) is 2.06. The Bertz CT molecular complexity index is 623. The number of nitrogens with two attached hydrogens (primary N) is 1. The van der Waals surface area contributed by atoms with Gasteiger partial charge in [-0.2, -0.15) is 5.10 Å². The van der Waals surface area contributed by atoms with Gasteiger partial charge in [-0.1, -0.05) is 6.92 Å². The summed E-state index contributed by atoms with van der Waals surface area (Å²) >= 11 is 0. The van der Waals surface area contributed by atoms with Gasteiger partial charge >= 0.3 is 0 Å². The van der Waals surface area contributed by atoms with E-state index in [9.17, 15) is 8.78 Å². The number of rotatable bonds is 1. The van der Waals surface area contributed by atoms with Crippen LogP contribution in [0, 0.1) is 11.6 Å². The van der Waals surface area contributed by atoms with Gasteiger partial charge in [0.05, 0.1) is 6.54 Å². The van der Waals surface area contributed by atoms with Crippen LogP contribution in [-0.4, -0.2) is 20.8 Å². The summed E-state index contributed by atoms with van der Waals surface area (Å²) in [4.78, 5) is 4.41. The molecular weight excluding hydrogens is 250 g/mol. The van der Waals surface area contributed by atoms with Gasteiger partial charge in [-0.05, 0) is 24.6 Å². The quantitative estimate of drug-likeness (QED) is 0.857. The fraction of sp³-hybridized carbons (Fsp3) is 0.385. The zero-order chi connectivity index (χ0) is 13.6. The normalized spacial score (nSPS) is 22.3. The molecular formula is C13H14F2N4. The number of hydrogen-bond acceptors (Lipinski definition) is 3. The molecule has 0 radical (unpaired) electrons. The number of nitrogens with zero attached hydrogens (tertiary/aromatic N) is 3. The first-order chi connectivity index (χ1) is 9.04. The summed E-state index contributed by atoms with van der Waals surface area (Å²) in [5.41, 5.74) is 6.41. The maximum Gasteiger partial charge on any atom is 0.181 e. The lowest BCUT2D eigenvalue weighted by Gasteiger charge is -2.23.